The van der Waals surface area contributed by atoms with E-state index < -0.39 is 0 Å². The molecule has 2 aromatic rings. The number of nitrogens with one attached hydrogen (secondary N) is 1. The average Bonchev–Trinajstić information content (AvgIpc) is 3.13. The van der Waals surface area contributed by atoms with Gasteiger partial charge < -0.3 is 14.5 Å². The van der Waals surface area contributed by atoms with Gasteiger partial charge in [-0.2, -0.15) is 5.10 Å². The molecular weight excluding hydrogens is 280 g/mol. The lowest BCUT2D eigenvalue weighted by Crippen LogP contribution is -2.39. The van der Waals surface area contributed by atoms with Crippen LogP contribution < -0.4 is 5.32 Å². The van der Waals surface area contributed by atoms with Crippen LogP contribution in [0, 0.1) is 0 Å². The van der Waals surface area contributed by atoms with Crippen molar-refractivity contribution in [3.63, 3.8) is 0 Å². The molecule has 0 amide bonds. The summed E-state index contributed by atoms with van der Waals surface area (Å²) < 4.78 is 12.9. The van der Waals surface area contributed by atoms with E-state index in [2.05, 4.69) is 41.4 Å². The summed E-state index contributed by atoms with van der Waals surface area (Å²) in [6.45, 7) is 5.57. The van der Waals surface area contributed by atoms with Gasteiger partial charge in [-0.05, 0) is 25.5 Å². The van der Waals surface area contributed by atoms with E-state index in [1.807, 2.05) is 4.68 Å². The maximum Gasteiger partial charge on any atom is 0.176 e. The highest BCUT2D eigenvalue weighted by molar-refractivity contribution is 5.10. The van der Waals surface area contributed by atoms with E-state index in [1.165, 1.54) is 0 Å². The molecule has 3 rings (SSSR count). The Morgan fingerprint density at radius 2 is 2.36 bits per heavy atom. The van der Waals surface area contributed by atoms with Crippen molar-refractivity contribution >= 4 is 0 Å². The number of rotatable bonds is 6. The predicted octanol–water partition coefficient (Wildman–Crippen LogP) is 2.25. The molecule has 0 bridgehead atoms. The summed E-state index contributed by atoms with van der Waals surface area (Å²) in [4.78, 5) is 4.51. The Morgan fingerprint density at radius 3 is 3.09 bits per heavy atom. The molecule has 0 saturated heterocycles. The van der Waals surface area contributed by atoms with Gasteiger partial charge in [0.25, 0.3) is 0 Å². The van der Waals surface area contributed by atoms with E-state index in [0.717, 1.165) is 49.0 Å². The molecule has 22 heavy (non-hydrogen) atoms. The van der Waals surface area contributed by atoms with Crippen molar-refractivity contribution in [3.8, 4) is 0 Å². The zero-order chi connectivity index (χ0) is 15.5. The Hall–Kier alpha value is -1.66. The van der Waals surface area contributed by atoms with Crippen LogP contribution in [0.4, 0.5) is 0 Å². The molecule has 0 fully saturated rings. The molecule has 6 heteroatoms. The first-order valence-corrected chi connectivity index (χ1v) is 7.95. The molecule has 0 spiro atoms. The van der Waals surface area contributed by atoms with E-state index in [1.54, 1.807) is 7.11 Å². The monoisotopic (exact) mass is 304 g/mol. The van der Waals surface area contributed by atoms with Gasteiger partial charge >= 0.3 is 0 Å². The summed E-state index contributed by atoms with van der Waals surface area (Å²) in [6, 6.07) is 4.71. The van der Waals surface area contributed by atoms with Gasteiger partial charge in [0.1, 0.15) is 24.0 Å². The molecule has 0 saturated carbocycles. The minimum absolute atomic E-state index is 0.203. The fraction of sp³-hybridized carbons (Fsp3) is 0.625. The van der Waals surface area contributed by atoms with Crippen LogP contribution in [0.5, 0.6) is 0 Å². The lowest BCUT2D eigenvalue weighted by molar-refractivity contribution is 0.177. The second kappa shape index (κ2) is 6.62. The standard InChI is InChI=1S/C16H24N4O2/c1-4-13-6-7-14(22-13)11(2)17-12-5-8-16-18-15(10-21-3)19-20(16)9-12/h6-7,11-12,17H,4-5,8-10H2,1-3H3/t11-,12-/m1/s1. The number of nitrogens with zero attached hydrogens (tertiary/aromatic N) is 3. The Labute approximate surface area is 130 Å². The lowest BCUT2D eigenvalue weighted by atomic mass is 10.1. The van der Waals surface area contributed by atoms with Crippen LogP contribution in [-0.4, -0.2) is 27.9 Å². The molecule has 6 nitrogen and oxygen atoms in total. The van der Waals surface area contributed by atoms with E-state index >= 15 is 0 Å². The van der Waals surface area contributed by atoms with Gasteiger partial charge in [-0.25, -0.2) is 9.67 Å². The maximum atomic E-state index is 5.83. The second-order valence-corrected chi connectivity index (χ2v) is 5.84. The highest BCUT2D eigenvalue weighted by atomic mass is 16.5. The van der Waals surface area contributed by atoms with Gasteiger partial charge in [-0.1, -0.05) is 6.92 Å². The van der Waals surface area contributed by atoms with Crippen molar-refractivity contribution < 1.29 is 9.15 Å². The third-order valence-corrected chi connectivity index (χ3v) is 4.12. The number of aryl methyl sites for hydroxylation is 2. The van der Waals surface area contributed by atoms with E-state index in [9.17, 15) is 0 Å². The predicted molar refractivity (Wildman–Crippen MR) is 82.5 cm³/mol. The van der Waals surface area contributed by atoms with Gasteiger partial charge in [0, 0.05) is 26.0 Å². The molecule has 2 atom stereocenters. The molecule has 2 aromatic heterocycles. The Balaban J connectivity index is 1.61. The number of methoxy groups -OCH3 is 1. The summed E-state index contributed by atoms with van der Waals surface area (Å²) in [5, 5.41) is 8.15. The van der Waals surface area contributed by atoms with Crippen molar-refractivity contribution in [1.29, 1.82) is 0 Å². The molecule has 120 valence electrons. The summed E-state index contributed by atoms with van der Waals surface area (Å²) in [5.74, 6) is 3.87. The highest BCUT2D eigenvalue weighted by Crippen LogP contribution is 2.20. The van der Waals surface area contributed by atoms with Crippen molar-refractivity contribution in [3.05, 3.63) is 35.3 Å². The first kappa shape index (κ1) is 15.2. The summed E-state index contributed by atoms with van der Waals surface area (Å²) in [7, 11) is 1.67. The number of aromatic nitrogens is 3. The van der Waals surface area contributed by atoms with Crippen LogP contribution in [0.15, 0.2) is 16.5 Å². The fourth-order valence-electron chi connectivity index (χ4n) is 2.94. The van der Waals surface area contributed by atoms with Crippen LogP contribution in [0.3, 0.4) is 0 Å². The molecule has 0 aromatic carbocycles. The van der Waals surface area contributed by atoms with E-state index in [4.69, 9.17) is 9.15 Å². The van der Waals surface area contributed by atoms with Gasteiger partial charge in [0.2, 0.25) is 0 Å². The van der Waals surface area contributed by atoms with Gasteiger partial charge in [-0.3, -0.25) is 0 Å². The van der Waals surface area contributed by atoms with Gasteiger partial charge in [-0.15, -0.1) is 0 Å². The van der Waals surface area contributed by atoms with Crippen LogP contribution in [0.25, 0.3) is 0 Å². The van der Waals surface area contributed by atoms with E-state index in [0.29, 0.717) is 12.6 Å². The topological polar surface area (TPSA) is 65.1 Å². The van der Waals surface area contributed by atoms with Crippen molar-refractivity contribution in [2.75, 3.05) is 7.11 Å². The van der Waals surface area contributed by atoms with Crippen LogP contribution in [0.2, 0.25) is 0 Å². The Kier molecular flexibility index (Phi) is 4.59. The number of furan rings is 1. The highest BCUT2D eigenvalue weighted by Gasteiger charge is 2.23. The first-order chi connectivity index (χ1) is 10.7. The molecule has 1 aliphatic heterocycles. The minimum atomic E-state index is 0.203. The summed E-state index contributed by atoms with van der Waals surface area (Å²) in [6.07, 6.45) is 2.94. The fourth-order valence-corrected chi connectivity index (χ4v) is 2.94. The molecule has 3 heterocycles. The third kappa shape index (κ3) is 3.23. The van der Waals surface area contributed by atoms with Crippen LogP contribution in [0.1, 0.15) is 49.5 Å². The Morgan fingerprint density at radius 1 is 1.50 bits per heavy atom. The van der Waals surface area contributed by atoms with Crippen LogP contribution in [-0.2, 0) is 30.7 Å². The van der Waals surface area contributed by atoms with Crippen molar-refractivity contribution in [2.24, 2.45) is 0 Å². The number of ether oxygens (including phenoxy) is 1. The molecule has 1 aliphatic rings. The number of fused-ring (bicyclic) bond motifs is 1. The normalized spacial score (nSPS) is 19.1. The largest absolute Gasteiger partial charge is 0.464 e. The molecule has 0 radical (unpaired) electrons. The zero-order valence-electron chi connectivity index (χ0n) is 13.5. The quantitative estimate of drug-likeness (QED) is 0.886. The van der Waals surface area contributed by atoms with Crippen molar-refractivity contribution in [1.82, 2.24) is 20.1 Å². The molecule has 0 unspecified atom stereocenters. The number of hydrogen-bond acceptors (Lipinski definition) is 5. The lowest BCUT2D eigenvalue weighted by Gasteiger charge is -2.26. The van der Waals surface area contributed by atoms with Gasteiger partial charge in [0.15, 0.2) is 5.82 Å². The number of hydrogen-bond donors (Lipinski definition) is 1. The summed E-state index contributed by atoms with van der Waals surface area (Å²) in [5.41, 5.74) is 0. The van der Waals surface area contributed by atoms with Gasteiger partial charge in [0.05, 0.1) is 12.6 Å². The smallest absolute Gasteiger partial charge is 0.176 e. The van der Waals surface area contributed by atoms with Crippen molar-refractivity contribution in [2.45, 2.75) is 58.3 Å². The molecule has 1 N–H and O–H groups in total. The van der Waals surface area contributed by atoms with E-state index in [-0.39, 0.29) is 6.04 Å². The Bertz CT molecular complexity index is 619. The molecular formula is C16H24N4O2. The zero-order valence-corrected chi connectivity index (χ0v) is 13.5. The second-order valence-electron chi connectivity index (χ2n) is 5.84. The molecule has 0 aliphatic carbocycles. The first-order valence-electron chi connectivity index (χ1n) is 7.95. The minimum Gasteiger partial charge on any atom is -0.464 e. The summed E-state index contributed by atoms with van der Waals surface area (Å²) >= 11 is 0. The average molecular weight is 304 g/mol. The maximum absolute atomic E-state index is 5.83. The van der Waals surface area contributed by atoms with Crippen LogP contribution >= 0.6 is 0 Å². The SMILES string of the molecule is CCc1ccc([C@@H](C)N[C@@H]2CCc3nc(COC)nn3C2)o1. The third-order valence-electron chi connectivity index (χ3n) is 4.12.